The monoisotopic (exact) mass is 305 g/mol. The van der Waals surface area contributed by atoms with Gasteiger partial charge in [0.2, 0.25) is 0 Å². The van der Waals surface area contributed by atoms with Crippen molar-refractivity contribution in [2.75, 3.05) is 6.54 Å². The summed E-state index contributed by atoms with van der Waals surface area (Å²) < 4.78 is 0. The Morgan fingerprint density at radius 2 is 2.09 bits per heavy atom. The van der Waals surface area contributed by atoms with Gasteiger partial charge in [0.15, 0.2) is 6.29 Å². The third kappa shape index (κ3) is 6.39. The number of pyridine rings is 1. The Hall–Kier alpha value is -1.68. The van der Waals surface area contributed by atoms with Gasteiger partial charge in [-0.3, -0.25) is 9.78 Å². The molecular weight excluding hydrogens is 274 g/mol. The molecule has 0 bridgehead atoms. The fourth-order valence-electron chi connectivity index (χ4n) is 2.48. The summed E-state index contributed by atoms with van der Waals surface area (Å²) in [7, 11) is 0. The quantitative estimate of drug-likeness (QED) is 0.677. The molecule has 0 aromatic carbocycles. The summed E-state index contributed by atoms with van der Waals surface area (Å²) in [4.78, 5) is 17.3. The molecule has 0 saturated carbocycles. The number of carbonyl (C=O) groups is 1. The van der Waals surface area contributed by atoms with Crippen molar-refractivity contribution in [2.24, 2.45) is 11.8 Å². The summed E-state index contributed by atoms with van der Waals surface area (Å²) in [6.07, 6.45) is 4.66. The molecule has 2 atom stereocenters. The summed E-state index contributed by atoms with van der Waals surface area (Å²) >= 11 is 0. The van der Waals surface area contributed by atoms with Crippen LogP contribution >= 0.6 is 0 Å². The van der Waals surface area contributed by atoms with E-state index in [0.717, 1.165) is 37.3 Å². The van der Waals surface area contributed by atoms with Crippen LogP contribution in [0.5, 0.6) is 0 Å². The Morgan fingerprint density at radius 1 is 1.45 bits per heavy atom. The third-order valence-electron chi connectivity index (χ3n) is 3.53. The smallest absolute Gasteiger partial charge is 0.165 e. The van der Waals surface area contributed by atoms with Gasteiger partial charge in [-0.2, -0.15) is 0 Å². The molecule has 1 aliphatic heterocycles. The molecule has 1 saturated heterocycles. The van der Waals surface area contributed by atoms with E-state index in [9.17, 15) is 4.79 Å². The van der Waals surface area contributed by atoms with E-state index in [-0.39, 0.29) is 6.15 Å². The molecule has 1 aromatic rings. The Kier molecular flexibility index (Phi) is 9.34. The van der Waals surface area contributed by atoms with E-state index < -0.39 is 0 Å². The van der Waals surface area contributed by atoms with Crippen molar-refractivity contribution in [1.82, 2.24) is 16.0 Å². The number of allylic oxidation sites excluding steroid dienone is 1. The van der Waals surface area contributed by atoms with E-state index in [4.69, 9.17) is 0 Å². The van der Waals surface area contributed by atoms with E-state index in [1.165, 1.54) is 0 Å². The predicted octanol–water partition coefficient (Wildman–Crippen LogP) is 3.87. The maximum Gasteiger partial charge on any atom is 0.165 e. The van der Waals surface area contributed by atoms with Crippen LogP contribution in [0.3, 0.4) is 0 Å². The molecule has 2 heterocycles. The van der Waals surface area contributed by atoms with Gasteiger partial charge in [-0.05, 0) is 30.4 Å². The van der Waals surface area contributed by atoms with E-state index in [1.807, 2.05) is 24.4 Å². The van der Waals surface area contributed by atoms with Crippen LogP contribution < -0.4 is 6.15 Å². The van der Waals surface area contributed by atoms with Crippen molar-refractivity contribution < 1.29 is 4.79 Å². The molecule has 1 aromatic heterocycles. The summed E-state index contributed by atoms with van der Waals surface area (Å²) in [6, 6.07) is 6.31. The number of aromatic nitrogens is 1. The molecule has 1 fully saturated rings. The number of hydrogen-bond donors (Lipinski definition) is 1. The zero-order chi connectivity index (χ0) is 15.8. The lowest BCUT2D eigenvalue weighted by Crippen LogP contribution is -2.33. The SMILES string of the molecule is C=C(C=O)N1CCC(C)C1Cc1ccccn1.CC(C)C.N. The first-order valence-electron chi connectivity index (χ1n) is 7.76. The average Bonchev–Trinajstić information content (AvgIpc) is 2.80. The zero-order valence-electron chi connectivity index (χ0n) is 14.5. The van der Waals surface area contributed by atoms with Crippen molar-refractivity contribution >= 4 is 6.29 Å². The number of carbonyl (C=O) groups excluding carboxylic acids is 1. The van der Waals surface area contributed by atoms with Gasteiger partial charge in [0.1, 0.15) is 0 Å². The predicted molar refractivity (Wildman–Crippen MR) is 93.0 cm³/mol. The molecule has 4 heteroatoms. The van der Waals surface area contributed by atoms with Gasteiger partial charge >= 0.3 is 0 Å². The average molecular weight is 305 g/mol. The van der Waals surface area contributed by atoms with Gasteiger partial charge in [-0.15, -0.1) is 0 Å². The van der Waals surface area contributed by atoms with E-state index >= 15 is 0 Å². The van der Waals surface area contributed by atoms with Crippen LogP contribution in [-0.2, 0) is 11.2 Å². The van der Waals surface area contributed by atoms with Gasteiger partial charge in [0.25, 0.3) is 0 Å². The lowest BCUT2D eigenvalue weighted by Gasteiger charge is -2.27. The second-order valence-electron chi connectivity index (χ2n) is 6.39. The molecule has 1 aliphatic rings. The first-order chi connectivity index (χ1) is 9.95. The number of aldehydes is 1. The maximum absolute atomic E-state index is 10.8. The highest BCUT2D eigenvalue weighted by Crippen LogP contribution is 2.28. The van der Waals surface area contributed by atoms with E-state index in [0.29, 0.717) is 17.7 Å². The highest BCUT2D eigenvalue weighted by atomic mass is 16.1. The van der Waals surface area contributed by atoms with Gasteiger partial charge < -0.3 is 11.1 Å². The molecule has 0 radical (unpaired) electrons. The minimum atomic E-state index is 0. The highest BCUT2D eigenvalue weighted by molar-refractivity contribution is 5.71. The van der Waals surface area contributed by atoms with Crippen LogP contribution in [-0.4, -0.2) is 28.8 Å². The molecule has 124 valence electrons. The van der Waals surface area contributed by atoms with E-state index in [2.05, 4.69) is 44.2 Å². The van der Waals surface area contributed by atoms with Crippen LogP contribution in [0.2, 0.25) is 0 Å². The minimum absolute atomic E-state index is 0. The van der Waals surface area contributed by atoms with Gasteiger partial charge in [0, 0.05) is 30.9 Å². The summed E-state index contributed by atoms with van der Waals surface area (Å²) in [6.45, 7) is 13.5. The van der Waals surface area contributed by atoms with Crippen molar-refractivity contribution in [1.29, 1.82) is 0 Å². The summed E-state index contributed by atoms with van der Waals surface area (Å²) in [5, 5.41) is 0. The molecule has 0 aliphatic carbocycles. The zero-order valence-corrected chi connectivity index (χ0v) is 14.5. The Bertz CT molecular complexity index is 442. The Balaban J connectivity index is 0.000000791. The number of likely N-dealkylation sites (tertiary alicyclic amines) is 1. The molecule has 2 rings (SSSR count). The van der Waals surface area contributed by atoms with Gasteiger partial charge in [0.05, 0.1) is 5.70 Å². The van der Waals surface area contributed by atoms with Crippen LogP contribution in [0.1, 0.15) is 39.8 Å². The third-order valence-corrected chi connectivity index (χ3v) is 3.53. The first-order valence-corrected chi connectivity index (χ1v) is 7.76. The Morgan fingerprint density at radius 3 is 2.59 bits per heavy atom. The molecular formula is C18H31N3O. The lowest BCUT2D eigenvalue weighted by atomic mass is 9.98. The van der Waals surface area contributed by atoms with Crippen LogP contribution in [0, 0.1) is 11.8 Å². The standard InChI is InChI=1S/C14H18N2O.C4H10.H3N/c1-11-6-8-16(12(2)10-17)14(11)9-13-5-3-4-7-15-13;1-4(2)3;/h3-5,7,10-11,14H,2,6,8-9H2,1H3;4H,1-3H3;1H3. The molecule has 3 N–H and O–H groups in total. The molecule has 0 amide bonds. The molecule has 22 heavy (non-hydrogen) atoms. The second kappa shape index (κ2) is 10.1. The number of rotatable bonds is 4. The van der Waals surface area contributed by atoms with Gasteiger partial charge in [-0.1, -0.05) is 40.3 Å². The fourth-order valence-corrected chi connectivity index (χ4v) is 2.48. The maximum atomic E-state index is 10.8. The normalized spacial score (nSPS) is 20.0. The van der Waals surface area contributed by atoms with Crippen LogP contribution in [0.4, 0.5) is 0 Å². The first kappa shape index (κ1) is 20.3. The highest BCUT2D eigenvalue weighted by Gasteiger charge is 2.31. The Labute approximate surface area is 135 Å². The summed E-state index contributed by atoms with van der Waals surface area (Å²) in [5.74, 6) is 1.41. The van der Waals surface area contributed by atoms with Crippen LogP contribution in [0.15, 0.2) is 36.7 Å². The topological polar surface area (TPSA) is 68.2 Å². The van der Waals surface area contributed by atoms with Crippen molar-refractivity contribution in [3.05, 3.63) is 42.4 Å². The summed E-state index contributed by atoms with van der Waals surface area (Å²) in [5.41, 5.74) is 1.67. The largest absolute Gasteiger partial charge is 0.366 e. The number of hydrogen-bond acceptors (Lipinski definition) is 4. The molecule has 4 nitrogen and oxygen atoms in total. The van der Waals surface area contributed by atoms with Crippen molar-refractivity contribution in [3.8, 4) is 0 Å². The van der Waals surface area contributed by atoms with Crippen LogP contribution in [0.25, 0.3) is 0 Å². The van der Waals surface area contributed by atoms with E-state index in [1.54, 1.807) is 0 Å². The lowest BCUT2D eigenvalue weighted by molar-refractivity contribution is -0.106. The molecule has 0 spiro atoms. The second-order valence-corrected chi connectivity index (χ2v) is 6.39. The van der Waals surface area contributed by atoms with Crippen molar-refractivity contribution in [3.63, 3.8) is 0 Å². The van der Waals surface area contributed by atoms with Crippen molar-refractivity contribution in [2.45, 2.75) is 46.6 Å². The minimum Gasteiger partial charge on any atom is -0.366 e. The molecule has 2 unspecified atom stereocenters. The number of nitrogens with zero attached hydrogens (tertiary/aromatic N) is 2. The fraction of sp³-hybridized carbons (Fsp3) is 0.556. The van der Waals surface area contributed by atoms with Gasteiger partial charge in [-0.25, -0.2) is 0 Å².